The van der Waals surface area contributed by atoms with Gasteiger partial charge in [0.25, 0.3) is 0 Å². The summed E-state index contributed by atoms with van der Waals surface area (Å²) < 4.78 is 56.6. The average molecular weight is 778 g/mol. The molecule has 1 aliphatic rings. The van der Waals surface area contributed by atoms with Crippen molar-refractivity contribution in [2.75, 3.05) is 32.2 Å². The lowest BCUT2D eigenvalue weighted by atomic mass is 9.93. The molecule has 54 heavy (non-hydrogen) atoms. The van der Waals surface area contributed by atoms with Crippen LogP contribution in [0.3, 0.4) is 0 Å². The molecule has 1 saturated heterocycles. The molecule has 2 aromatic heterocycles. The largest absolute Gasteiger partial charge is 0.472 e. The minimum absolute atomic E-state index is 0.0208. The van der Waals surface area contributed by atoms with Crippen LogP contribution in [-0.2, 0) is 40.0 Å². The fourth-order valence-electron chi connectivity index (χ4n) is 6.63. The number of nitrogens with two attached hydrogens (primary N) is 1. The number of aromatic nitrogens is 3. The number of anilines is 1. The van der Waals surface area contributed by atoms with E-state index in [9.17, 15) is 29.3 Å². The minimum atomic E-state index is -4.74. The molecule has 3 aromatic rings. The third-order valence-electron chi connectivity index (χ3n) is 9.75. The molecule has 0 bridgehead atoms. The Balaban J connectivity index is 1.23. The van der Waals surface area contributed by atoms with E-state index in [1.807, 2.05) is 6.07 Å². The number of aliphatic hydroxyl groups excluding tert-OH is 2. The van der Waals surface area contributed by atoms with Crippen LogP contribution in [0.2, 0.25) is 0 Å². The van der Waals surface area contributed by atoms with Crippen LogP contribution in [0.25, 0.3) is 5.52 Å². The molecule has 0 radical (unpaired) electrons. The summed E-state index contributed by atoms with van der Waals surface area (Å²) in [5.41, 5.74) is 5.84. The molecule has 0 saturated carbocycles. The summed E-state index contributed by atoms with van der Waals surface area (Å²) in [6.45, 7) is 3.14. The van der Waals surface area contributed by atoms with Crippen molar-refractivity contribution in [2.45, 2.75) is 134 Å². The Kier molecular flexibility index (Phi) is 17.7. The second-order valence-electron chi connectivity index (χ2n) is 14.1. The summed E-state index contributed by atoms with van der Waals surface area (Å²) in [6.07, 6.45) is 12.2. The van der Waals surface area contributed by atoms with E-state index in [1.165, 1.54) is 87.2 Å². The first-order valence-corrected chi connectivity index (χ1v) is 20.6. The number of unbranched alkanes of at least 4 members (excludes halogenated alkanes) is 12. The lowest BCUT2D eigenvalue weighted by molar-refractivity contribution is -0.0901. The first-order chi connectivity index (χ1) is 26.0. The molecular formula is C38H57FN5O9P. The molecule has 300 valence electrons. The molecule has 1 aliphatic heterocycles. The SMILES string of the molecule is CCCCCCCCCCCCCCCOC[C@H](COP(=O)(O)OCC1O[C@@](C)(c2ccc3c(N)ncnn23)[C@H](O)[C@@H]1O)OCc1cc(F)cc(C#N)c1. The minimum Gasteiger partial charge on any atom is -0.387 e. The number of ether oxygens (including phenoxy) is 3. The van der Waals surface area contributed by atoms with E-state index in [0.717, 1.165) is 25.3 Å². The molecule has 5 N–H and O–H groups in total. The van der Waals surface area contributed by atoms with Gasteiger partial charge in [-0.05, 0) is 49.2 Å². The molecule has 6 atom stereocenters. The van der Waals surface area contributed by atoms with Crippen molar-refractivity contribution in [1.29, 1.82) is 5.26 Å². The maximum absolute atomic E-state index is 14.0. The van der Waals surface area contributed by atoms with Gasteiger partial charge in [-0.2, -0.15) is 10.4 Å². The van der Waals surface area contributed by atoms with Gasteiger partial charge in [0.1, 0.15) is 47.7 Å². The zero-order valence-corrected chi connectivity index (χ0v) is 32.4. The third-order valence-corrected chi connectivity index (χ3v) is 10.7. The fraction of sp³-hybridized carbons (Fsp3) is 0.658. The van der Waals surface area contributed by atoms with Gasteiger partial charge in [0.15, 0.2) is 5.82 Å². The van der Waals surface area contributed by atoms with E-state index in [0.29, 0.717) is 23.4 Å². The van der Waals surface area contributed by atoms with Crippen molar-refractivity contribution in [3.63, 3.8) is 0 Å². The van der Waals surface area contributed by atoms with Crippen molar-refractivity contribution >= 4 is 19.2 Å². The number of phosphoric ester groups is 1. The lowest BCUT2D eigenvalue weighted by Crippen LogP contribution is -2.39. The van der Waals surface area contributed by atoms with Gasteiger partial charge < -0.3 is 35.1 Å². The Bertz CT molecular complexity index is 1680. The first-order valence-electron chi connectivity index (χ1n) is 19.1. The standard InChI is InChI=1S/C38H57FN5O9P/c1-3-4-5-6-7-8-9-10-11-12-13-14-15-18-49-24-31(50-23-29-19-28(22-40)20-30(39)21-29)25-51-54(47,48)52-26-33-35(45)36(46)38(2,53-33)34-17-16-32-37(41)42-27-43-44(32)34/h16-17,19-21,27,31,33,35-36,45-46H,3-15,18,23-26H2,1-2H3,(H,47,48)(H2,41,42,43)/t31-,33?,35-,36-,38+/m1/s1. The summed E-state index contributed by atoms with van der Waals surface area (Å²) >= 11 is 0. The van der Waals surface area contributed by atoms with E-state index in [-0.39, 0.29) is 24.6 Å². The average Bonchev–Trinajstić information content (AvgIpc) is 3.69. The molecule has 0 spiro atoms. The summed E-state index contributed by atoms with van der Waals surface area (Å²) in [6, 6.07) is 9.02. The van der Waals surface area contributed by atoms with Crippen LogP contribution < -0.4 is 5.73 Å². The van der Waals surface area contributed by atoms with Gasteiger partial charge in [-0.1, -0.05) is 84.0 Å². The molecule has 2 unspecified atom stereocenters. The smallest absolute Gasteiger partial charge is 0.387 e. The van der Waals surface area contributed by atoms with Gasteiger partial charge in [-0.15, -0.1) is 0 Å². The Morgan fingerprint density at radius 2 is 1.69 bits per heavy atom. The molecule has 3 heterocycles. The number of aliphatic hydroxyl groups is 2. The predicted molar refractivity (Wildman–Crippen MR) is 200 cm³/mol. The molecule has 1 fully saturated rings. The highest BCUT2D eigenvalue weighted by Crippen LogP contribution is 2.46. The Morgan fingerprint density at radius 3 is 2.35 bits per heavy atom. The Labute approximate surface area is 317 Å². The second kappa shape index (κ2) is 21.9. The first kappa shape index (κ1) is 43.7. The maximum atomic E-state index is 14.0. The topological polar surface area (TPSA) is 204 Å². The molecule has 14 nitrogen and oxygen atoms in total. The zero-order chi connectivity index (χ0) is 39.0. The monoisotopic (exact) mass is 777 g/mol. The number of halogens is 1. The van der Waals surface area contributed by atoms with Crippen molar-refractivity contribution in [3.8, 4) is 6.07 Å². The van der Waals surface area contributed by atoms with E-state index in [4.69, 9.17) is 29.0 Å². The normalized spacial score (nSPS) is 21.7. The Hall–Kier alpha value is -3.03. The van der Waals surface area contributed by atoms with Gasteiger partial charge >= 0.3 is 7.82 Å². The fourth-order valence-corrected chi connectivity index (χ4v) is 7.40. The van der Waals surface area contributed by atoms with Crippen LogP contribution >= 0.6 is 7.82 Å². The number of hydrogen-bond donors (Lipinski definition) is 4. The van der Waals surface area contributed by atoms with Crippen molar-refractivity contribution in [3.05, 3.63) is 59.3 Å². The van der Waals surface area contributed by atoms with Gasteiger partial charge in [0.2, 0.25) is 0 Å². The number of nitrogen functional groups attached to an aromatic ring is 1. The van der Waals surface area contributed by atoms with Gasteiger partial charge in [-0.25, -0.2) is 18.5 Å². The Morgan fingerprint density at radius 1 is 1.02 bits per heavy atom. The third kappa shape index (κ3) is 13.0. The highest BCUT2D eigenvalue weighted by molar-refractivity contribution is 7.47. The van der Waals surface area contributed by atoms with Crippen LogP contribution in [0, 0.1) is 17.1 Å². The summed E-state index contributed by atoms with van der Waals surface area (Å²) in [4.78, 5) is 14.5. The number of phosphoric acid groups is 1. The summed E-state index contributed by atoms with van der Waals surface area (Å²) in [5.74, 6) is -0.381. The van der Waals surface area contributed by atoms with E-state index in [1.54, 1.807) is 19.1 Å². The van der Waals surface area contributed by atoms with Crippen molar-refractivity contribution in [1.82, 2.24) is 14.6 Å². The van der Waals surface area contributed by atoms with Crippen LogP contribution in [0.4, 0.5) is 10.2 Å². The lowest BCUT2D eigenvalue weighted by Gasteiger charge is -2.27. The molecule has 0 amide bonds. The molecule has 0 aliphatic carbocycles. The van der Waals surface area contributed by atoms with Gasteiger partial charge in [0, 0.05) is 6.61 Å². The summed E-state index contributed by atoms with van der Waals surface area (Å²) in [5, 5.41) is 35.2. The van der Waals surface area contributed by atoms with E-state index < -0.39 is 56.9 Å². The van der Waals surface area contributed by atoms with Crippen LogP contribution in [0.5, 0.6) is 0 Å². The van der Waals surface area contributed by atoms with Crippen LogP contribution in [0.1, 0.15) is 114 Å². The summed E-state index contributed by atoms with van der Waals surface area (Å²) in [7, 11) is -4.74. The number of rotatable bonds is 26. The molecule has 4 rings (SSSR count). The molecule has 1 aromatic carbocycles. The number of benzene rings is 1. The number of nitriles is 1. The van der Waals surface area contributed by atoms with Crippen LogP contribution in [0.15, 0.2) is 36.7 Å². The van der Waals surface area contributed by atoms with E-state index in [2.05, 4.69) is 17.0 Å². The molecular weight excluding hydrogens is 720 g/mol. The quantitative estimate of drug-likeness (QED) is 0.0509. The van der Waals surface area contributed by atoms with Crippen LogP contribution in [-0.4, -0.2) is 80.5 Å². The number of fused-ring (bicyclic) bond motifs is 1. The second-order valence-corrected chi connectivity index (χ2v) is 15.6. The van der Waals surface area contributed by atoms with Crippen molar-refractivity contribution < 1.29 is 47.3 Å². The molecule has 16 heteroatoms. The predicted octanol–water partition coefficient (Wildman–Crippen LogP) is 6.48. The number of nitrogens with zero attached hydrogens (tertiary/aromatic N) is 4. The number of hydrogen-bond acceptors (Lipinski definition) is 12. The highest BCUT2D eigenvalue weighted by atomic mass is 31.2. The zero-order valence-electron chi connectivity index (χ0n) is 31.5. The van der Waals surface area contributed by atoms with E-state index >= 15 is 0 Å². The van der Waals surface area contributed by atoms with Crippen molar-refractivity contribution in [2.24, 2.45) is 0 Å². The van der Waals surface area contributed by atoms with Gasteiger partial charge in [0.05, 0.1) is 43.8 Å². The highest BCUT2D eigenvalue weighted by Gasteiger charge is 2.54. The van der Waals surface area contributed by atoms with Gasteiger partial charge in [-0.3, -0.25) is 9.05 Å². The maximum Gasteiger partial charge on any atom is 0.472 e.